The van der Waals surface area contributed by atoms with Gasteiger partial charge in [-0.1, -0.05) is 25.4 Å². The first kappa shape index (κ1) is 30.8. The van der Waals surface area contributed by atoms with E-state index in [0.29, 0.717) is 34.4 Å². The zero-order valence-corrected chi connectivity index (χ0v) is 25.4. The van der Waals surface area contributed by atoms with Gasteiger partial charge in [0.05, 0.1) is 31.8 Å². The molecule has 5 rings (SSSR count). The lowest BCUT2D eigenvalue weighted by Crippen LogP contribution is -2.52. The van der Waals surface area contributed by atoms with E-state index in [9.17, 15) is 14.4 Å². The number of nitrogens with one attached hydrogen (secondary N) is 2. The van der Waals surface area contributed by atoms with Crippen molar-refractivity contribution in [1.29, 1.82) is 0 Å². The second-order valence-corrected chi connectivity index (χ2v) is 11.1. The molecule has 44 heavy (non-hydrogen) atoms. The minimum absolute atomic E-state index is 0.0170. The number of benzene rings is 1. The maximum Gasteiger partial charge on any atom is 0.277 e. The zero-order valence-electron chi connectivity index (χ0n) is 24.6. The monoisotopic (exact) mass is 626 g/mol. The summed E-state index contributed by atoms with van der Waals surface area (Å²) in [6, 6.07) is 7.32. The van der Waals surface area contributed by atoms with Crippen molar-refractivity contribution in [3.8, 4) is 23.0 Å². The van der Waals surface area contributed by atoms with Gasteiger partial charge in [-0.2, -0.15) is 4.39 Å². The number of halogens is 2. The third-order valence-corrected chi connectivity index (χ3v) is 7.40. The Morgan fingerprint density at radius 3 is 2.75 bits per heavy atom. The van der Waals surface area contributed by atoms with Crippen LogP contribution in [0.5, 0.6) is 11.5 Å². The number of oxazole rings is 1. The highest BCUT2D eigenvalue weighted by molar-refractivity contribution is 6.30. The summed E-state index contributed by atoms with van der Waals surface area (Å²) in [6.07, 6.45) is 1.58. The molecule has 0 saturated carbocycles. The van der Waals surface area contributed by atoms with Crippen LogP contribution >= 0.6 is 11.6 Å². The van der Waals surface area contributed by atoms with Crippen molar-refractivity contribution in [2.24, 2.45) is 5.92 Å². The molecule has 4 bridgehead atoms. The van der Waals surface area contributed by atoms with Gasteiger partial charge in [-0.25, -0.2) is 9.97 Å². The van der Waals surface area contributed by atoms with Crippen LogP contribution in [-0.4, -0.2) is 69.8 Å². The van der Waals surface area contributed by atoms with Gasteiger partial charge in [0.2, 0.25) is 23.7 Å². The molecule has 1 aliphatic rings. The first-order valence-corrected chi connectivity index (χ1v) is 14.4. The number of imidazole rings is 1. The molecular formula is C30H32ClFN6O6. The van der Waals surface area contributed by atoms with E-state index >= 15 is 4.39 Å². The molecule has 1 aromatic carbocycles. The lowest BCUT2D eigenvalue weighted by Gasteiger charge is -2.25. The van der Waals surface area contributed by atoms with E-state index in [-0.39, 0.29) is 42.7 Å². The summed E-state index contributed by atoms with van der Waals surface area (Å²) in [5.41, 5.74) is 0.875. The summed E-state index contributed by atoms with van der Waals surface area (Å²) in [4.78, 5) is 49.9. The van der Waals surface area contributed by atoms with E-state index in [0.717, 1.165) is 4.40 Å². The minimum atomic E-state index is -0.911. The zero-order chi connectivity index (χ0) is 31.5. The van der Waals surface area contributed by atoms with Crippen molar-refractivity contribution in [2.75, 3.05) is 26.8 Å². The standard InChI is InChI=1S/C30H32ClFN6O6/c1-16(2)25-28(40)33-13-20-17(3)44-29(34-20)18-6-8-21(42-4)22(12-18)43-11-5-10-37(15-24(39)36-25)30(41)26-27(32)38-14-19(31)7-9-23(38)35-26/h6-9,12,14,16,25H,5,10-11,13,15H2,1-4H3,(H,33,40)(H,36,39)/t25-/m0/s1. The van der Waals surface area contributed by atoms with Crippen LogP contribution in [0.4, 0.5) is 4.39 Å². The average Bonchev–Trinajstić information content (AvgIpc) is 3.53. The number of carbonyl (C=O) groups excluding carboxylic acids is 3. The second kappa shape index (κ2) is 12.9. The van der Waals surface area contributed by atoms with E-state index in [1.165, 1.54) is 30.3 Å². The molecular weight excluding hydrogens is 595 g/mol. The Morgan fingerprint density at radius 1 is 1.20 bits per heavy atom. The van der Waals surface area contributed by atoms with Crippen molar-refractivity contribution < 1.29 is 32.7 Å². The number of hydrogen-bond donors (Lipinski definition) is 2. The van der Waals surface area contributed by atoms with Crippen LogP contribution in [0.2, 0.25) is 5.02 Å². The van der Waals surface area contributed by atoms with E-state index in [1.807, 2.05) is 0 Å². The Labute approximate surface area is 257 Å². The van der Waals surface area contributed by atoms with E-state index in [2.05, 4.69) is 20.6 Å². The quantitative estimate of drug-likeness (QED) is 0.350. The number of fused-ring (bicyclic) bond motifs is 6. The Bertz CT molecular complexity index is 1720. The Hall–Kier alpha value is -4.65. The summed E-state index contributed by atoms with van der Waals surface area (Å²) in [7, 11) is 1.51. The number of pyridine rings is 1. The summed E-state index contributed by atoms with van der Waals surface area (Å²) < 4.78 is 33.7. The highest BCUT2D eigenvalue weighted by atomic mass is 35.5. The van der Waals surface area contributed by atoms with Crippen LogP contribution in [0.1, 0.15) is 42.2 Å². The predicted octanol–water partition coefficient (Wildman–Crippen LogP) is 3.78. The number of aryl methyl sites for hydroxylation is 1. The number of ether oxygens (including phenoxy) is 2. The summed E-state index contributed by atoms with van der Waals surface area (Å²) in [5.74, 6) is -1.28. The first-order valence-electron chi connectivity index (χ1n) is 14.0. The maximum absolute atomic E-state index is 15.3. The number of aromatic nitrogens is 3. The molecule has 0 spiro atoms. The molecule has 4 heterocycles. The largest absolute Gasteiger partial charge is 0.493 e. The molecule has 0 aliphatic carbocycles. The van der Waals surface area contributed by atoms with Gasteiger partial charge in [-0.15, -0.1) is 0 Å². The minimum Gasteiger partial charge on any atom is -0.493 e. The third-order valence-electron chi connectivity index (χ3n) is 7.18. The number of hydrogen-bond acceptors (Lipinski definition) is 8. The van der Waals surface area contributed by atoms with Gasteiger partial charge < -0.3 is 29.4 Å². The molecule has 1 aliphatic heterocycles. The summed E-state index contributed by atoms with van der Waals surface area (Å²) in [5, 5.41) is 5.79. The molecule has 0 saturated heterocycles. The molecule has 0 unspecified atom stereocenters. The van der Waals surface area contributed by atoms with E-state index < -0.39 is 41.9 Å². The Balaban J connectivity index is 1.47. The molecule has 4 aromatic rings. The van der Waals surface area contributed by atoms with E-state index in [4.69, 9.17) is 25.5 Å². The number of rotatable bonds is 3. The number of carbonyl (C=O) groups is 3. The molecule has 2 N–H and O–H groups in total. The van der Waals surface area contributed by atoms with Crippen LogP contribution in [0, 0.1) is 18.8 Å². The van der Waals surface area contributed by atoms with Crippen LogP contribution in [0.25, 0.3) is 17.1 Å². The average molecular weight is 627 g/mol. The Morgan fingerprint density at radius 2 is 2.00 bits per heavy atom. The molecule has 14 heteroatoms. The third kappa shape index (κ3) is 6.47. The van der Waals surface area contributed by atoms with Gasteiger partial charge in [0.25, 0.3) is 5.91 Å². The van der Waals surface area contributed by atoms with Gasteiger partial charge in [0.1, 0.15) is 23.1 Å². The lowest BCUT2D eigenvalue weighted by atomic mass is 10.0. The van der Waals surface area contributed by atoms with Crippen molar-refractivity contribution in [2.45, 2.75) is 39.8 Å². The molecule has 232 valence electrons. The van der Waals surface area contributed by atoms with Crippen molar-refractivity contribution in [1.82, 2.24) is 29.9 Å². The second-order valence-electron chi connectivity index (χ2n) is 10.7. The SMILES string of the molecule is COc1ccc2cc1OCCCN(C(=O)c1nc3ccc(Cl)cn3c1F)CC(=O)N[C@@H](C(C)C)C(=O)NCc1nc-2oc1C. The predicted molar refractivity (Wildman–Crippen MR) is 158 cm³/mol. The summed E-state index contributed by atoms with van der Waals surface area (Å²) >= 11 is 6.00. The van der Waals surface area contributed by atoms with Crippen molar-refractivity contribution in [3.05, 3.63) is 64.6 Å². The van der Waals surface area contributed by atoms with Gasteiger partial charge in [-0.05, 0) is 49.6 Å². The molecule has 0 fully saturated rings. The van der Waals surface area contributed by atoms with Gasteiger partial charge in [0, 0.05) is 18.3 Å². The molecule has 3 aromatic heterocycles. The lowest BCUT2D eigenvalue weighted by molar-refractivity contribution is -0.130. The summed E-state index contributed by atoms with van der Waals surface area (Å²) in [6.45, 7) is 5.08. The Kier molecular flexibility index (Phi) is 9.04. The van der Waals surface area contributed by atoms with E-state index in [1.54, 1.807) is 39.0 Å². The first-order chi connectivity index (χ1) is 21.0. The fraction of sp³-hybridized carbons (Fsp3) is 0.367. The fourth-order valence-corrected chi connectivity index (χ4v) is 4.97. The molecule has 12 nitrogen and oxygen atoms in total. The van der Waals surface area contributed by atoms with Gasteiger partial charge in [0.15, 0.2) is 17.2 Å². The highest BCUT2D eigenvalue weighted by Crippen LogP contribution is 2.33. The molecule has 1 atom stereocenters. The number of nitrogens with zero attached hydrogens (tertiary/aromatic N) is 4. The normalized spacial score (nSPS) is 16.6. The highest BCUT2D eigenvalue weighted by Gasteiger charge is 2.29. The smallest absolute Gasteiger partial charge is 0.277 e. The van der Waals surface area contributed by atoms with Crippen LogP contribution in [-0.2, 0) is 16.1 Å². The maximum atomic E-state index is 15.3. The van der Waals surface area contributed by atoms with Crippen LogP contribution in [0.3, 0.4) is 0 Å². The number of amides is 3. The molecule has 3 amide bonds. The van der Waals surface area contributed by atoms with Gasteiger partial charge in [-0.3, -0.25) is 18.8 Å². The van der Waals surface area contributed by atoms with Crippen LogP contribution < -0.4 is 20.1 Å². The van der Waals surface area contributed by atoms with Crippen molar-refractivity contribution >= 4 is 35.0 Å². The molecule has 0 radical (unpaired) electrons. The van der Waals surface area contributed by atoms with Crippen molar-refractivity contribution in [3.63, 3.8) is 0 Å². The number of methoxy groups -OCH3 is 1. The van der Waals surface area contributed by atoms with Gasteiger partial charge >= 0.3 is 0 Å². The van der Waals surface area contributed by atoms with Crippen LogP contribution in [0.15, 0.2) is 40.9 Å². The fourth-order valence-electron chi connectivity index (χ4n) is 4.81. The topological polar surface area (TPSA) is 140 Å².